The third-order valence-corrected chi connectivity index (χ3v) is 0. The van der Waals surface area contributed by atoms with Crippen LogP contribution in [0.1, 0.15) is 0 Å². The molecule has 0 saturated heterocycles. The minimum absolute atomic E-state index is 0. The van der Waals surface area contributed by atoms with Crippen molar-refractivity contribution >= 4 is 73.3 Å². The van der Waals surface area contributed by atoms with Crippen molar-refractivity contribution in [2.45, 2.75) is 0 Å². The van der Waals surface area contributed by atoms with Crippen molar-refractivity contribution < 1.29 is 206 Å². The fourth-order valence-electron chi connectivity index (χ4n) is 0. The van der Waals surface area contributed by atoms with Gasteiger partial charge in [0.2, 0.25) is 0 Å². The summed E-state index contributed by atoms with van der Waals surface area (Å²) < 4.78 is 0. The van der Waals surface area contributed by atoms with Crippen molar-refractivity contribution in [1.29, 1.82) is 0 Å². The van der Waals surface area contributed by atoms with Crippen LogP contribution in [0, 0.1) is 206 Å². The Balaban J connectivity index is 0. The van der Waals surface area contributed by atoms with Gasteiger partial charge < -0.3 is 0 Å². The summed E-state index contributed by atoms with van der Waals surface area (Å²) in [5, 5.41) is 0. The molecule has 0 unspecified atom stereocenters. The monoisotopic (exact) mass is 1070 g/mol. The Morgan fingerprint density at radius 1 is 0.250 bits per heavy atom. The molecule has 0 amide bonds. The zero-order valence-electron chi connectivity index (χ0n) is 4.23. The van der Waals surface area contributed by atoms with Crippen LogP contribution in [0.3, 0.4) is 0 Å². The standard InChI is InChI=1S/5Pr.3Sb. The van der Waals surface area contributed by atoms with Gasteiger partial charge in [-0.1, -0.05) is 0 Å². The molecule has 0 aromatic heterocycles. The molecule has 8 heavy (non-hydrogen) atoms. The van der Waals surface area contributed by atoms with Crippen LogP contribution in [0.25, 0.3) is 0 Å². The Kier molecular flexibility index (Phi) is 294. The quantitative estimate of drug-likeness (QED) is 0.270. The van der Waals surface area contributed by atoms with Crippen molar-refractivity contribution in [3.63, 3.8) is 0 Å². The Hall–Kier alpha value is 9.27. The smallest absolute Gasteiger partial charge is 0 e. The fourth-order valence-corrected chi connectivity index (χ4v) is 0. The third-order valence-electron chi connectivity index (χ3n) is 0. The number of rotatable bonds is 0. The molecule has 14 radical (unpaired) electrons. The van der Waals surface area contributed by atoms with Gasteiger partial charge in [-0.2, -0.15) is 0 Å². The van der Waals surface area contributed by atoms with E-state index in [0.29, 0.717) is 0 Å². The van der Waals surface area contributed by atoms with Crippen LogP contribution in [0.4, 0.5) is 0 Å². The average molecular weight is 1070 g/mol. The first-order chi connectivity index (χ1) is 0. The van der Waals surface area contributed by atoms with E-state index in [-0.39, 0.29) is 280 Å². The van der Waals surface area contributed by atoms with E-state index in [4.69, 9.17) is 0 Å². The molecule has 0 aliphatic carbocycles. The van der Waals surface area contributed by atoms with E-state index < -0.39 is 0 Å². The van der Waals surface area contributed by atoms with Crippen LogP contribution in [-0.2, 0) is 0 Å². The van der Waals surface area contributed by atoms with E-state index in [9.17, 15) is 0 Å². The summed E-state index contributed by atoms with van der Waals surface area (Å²) in [4.78, 5) is 0. The van der Waals surface area contributed by atoms with E-state index in [1.54, 1.807) is 0 Å². The molecule has 0 aromatic rings. The van der Waals surface area contributed by atoms with Crippen LogP contribution < -0.4 is 0 Å². The summed E-state index contributed by atoms with van der Waals surface area (Å²) in [7, 11) is 0. The van der Waals surface area contributed by atoms with Gasteiger partial charge in [0, 0.05) is 280 Å². The number of hydrogen-bond donors (Lipinski definition) is 0. The molecule has 0 bridgehead atoms. The summed E-state index contributed by atoms with van der Waals surface area (Å²) in [6.07, 6.45) is 0. The fraction of sp³-hybridized carbons (Fsp3) is 0. The third kappa shape index (κ3) is 36.2. The zero-order chi connectivity index (χ0) is 0. The topological polar surface area (TPSA) is 0 Å². The van der Waals surface area contributed by atoms with Crippen LogP contribution in [0.2, 0.25) is 0 Å². The van der Waals surface area contributed by atoms with E-state index in [1.165, 1.54) is 0 Å². The molecule has 0 fully saturated rings. The molecule has 0 saturated carbocycles. The first-order valence-corrected chi connectivity index (χ1v) is 0. The number of hydrogen-bond acceptors (Lipinski definition) is 0. The summed E-state index contributed by atoms with van der Waals surface area (Å²) in [6, 6.07) is 0. The molecule has 0 aliphatic heterocycles. The molecule has 0 spiro atoms. The summed E-state index contributed by atoms with van der Waals surface area (Å²) in [5.41, 5.74) is 0. The van der Waals surface area contributed by atoms with Gasteiger partial charge >= 0.3 is 0 Å². The van der Waals surface area contributed by atoms with Crippen LogP contribution in [0.5, 0.6) is 0 Å². The molecule has 0 aliphatic rings. The maximum Gasteiger partial charge on any atom is 0 e. The molecule has 30 valence electrons. The Morgan fingerprint density at radius 2 is 0.250 bits per heavy atom. The molecule has 0 rings (SSSR count). The predicted octanol–water partition coefficient (Wildman–Crippen LogP) is -1.14. The van der Waals surface area contributed by atoms with Crippen LogP contribution in [-0.4, -0.2) is 73.3 Å². The van der Waals surface area contributed by atoms with E-state index >= 15 is 0 Å². The van der Waals surface area contributed by atoms with Gasteiger partial charge in [0.25, 0.3) is 0 Å². The van der Waals surface area contributed by atoms with Crippen LogP contribution >= 0.6 is 0 Å². The van der Waals surface area contributed by atoms with Gasteiger partial charge in [0.15, 0.2) is 0 Å². The van der Waals surface area contributed by atoms with Gasteiger partial charge in [-0.05, 0) is 0 Å². The average Bonchev–Trinajstić information content (AvgIpc) is 0. The largest absolute Gasteiger partial charge is 0 e. The minimum atomic E-state index is 0. The van der Waals surface area contributed by atoms with E-state index in [2.05, 4.69) is 0 Å². The van der Waals surface area contributed by atoms with E-state index in [1.807, 2.05) is 0 Å². The maximum absolute atomic E-state index is 0. The van der Waals surface area contributed by atoms with Crippen molar-refractivity contribution in [2.75, 3.05) is 0 Å². The predicted molar refractivity (Wildman–Crippen MR) is 17.3 cm³/mol. The molecule has 0 aromatic carbocycles. The van der Waals surface area contributed by atoms with Crippen molar-refractivity contribution in [3.05, 3.63) is 0 Å². The molecule has 0 N–H and O–H groups in total. The van der Waals surface area contributed by atoms with Gasteiger partial charge in [0.05, 0.1) is 0 Å². The van der Waals surface area contributed by atoms with Gasteiger partial charge in [-0.3, -0.25) is 0 Å². The van der Waals surface area contributed by atoms with E-state index in [0.717, 1.165) is 0 Å². The summed E-state index contributed by atoms with van der Waals surface area (Å²) in [6.45, 7) is 0. The molecule has 0 atom stereocenters. The Morgan fingerprint density at radius 3 is 0.250 bits per heavy atom. The van der Waals surface area contributed by atoms with Crippen LogP contribution in [0.15, 0.2) is 0 Å². The summed E-state index contributed by atoms with van der Waals surface area (Å²) in [5.74, 6) is 0. The minimum Gasteiger partial charge on any atom is 0 e. The molecule has 0 nitrogen and oxygen atoms in total. The second kappa shape index (κ2) is 44.1. The Bertz CT molecular complexity index is 7.64. The van der Waals surface area contributed by atoms with Crippen molar-refractivity contribution in [2.24, 2.45) is 0 Å². The van der Waals surface area contributed by atoms with Gasteiger partial charge in [0.1, 0.15) is 0 Å². The first kappa shape index (κ1) is 53.2. The molecule has 8 heteroatoms. The second-order valence-electron chi connectivity index (χ2n) is 0. The van der Waals surface area contributed by atoms with Crippen molar-refractivity contribution in [3.8, 4) is 0 Å². The maximum atomic E-state index is 0. The second-order valence-corrected chi connectivity index (χ2v) is 0. The molecular formula is Pr5Sb3. The Labute approximate surface area is 269 Å². The summed E-state index contributed by atoms with van der Waals surface area (Å²) >= 11 is 0. The first-order valence-electron chi connectivity index (χ1n) is 0. The van der Waals surface area contributed by atoms with Gasteiger partial charge in [-0.25, -0.2) is 0 Å². The van der Waals surface area contributed by atoms with Crippen molar-refractivity contribution in [1.82, 2.24) is 0 Å². The SMILES string of the molecule is [Pr].[Pr].[Pr].[Pr].[Pr].[Sb].[Sb].[Sb]. The van der Waals surface area contributed by atoms with Gasteiger partial charge in [-0.15, -0.1) is 0 Å². The normalized spacial score (nSPS) is 0. The molecule has 0 heterocycles. The zero-order valence-corrected chi connectivity index (χ0v) is 30.4. The molecular weight excluding hydrogens is 1070 g/mol.